The lowest BCUT2D eigenvalue weighted by Crippen LogP contribution is -2.05. The first-order chi connectivity index (χ1) is 6.26. The van der Waals surface area contributed by atoms with Crippen molar-refractivity contribution in [2.45, 2.75) is 6.42 Å². The van der Waals surface area contributed by atoms with Gasteiger partial charge in [0.2, 0.25) is 0 Å². The molecular weight excluding hydrogens is 168 g/mol. The Morgan fingerprint density at radius 2 is 2.46 bits per heavy atom. The van der Waals surface area contributed by atoms with Crippen molar-refractivity contribution in [1.82, 2.24) is 4.98 Å². The molecule has 0 amide bonds. The molecule has 4 heteroatoms. The van der Waals surface area contributed by atoms with Gasteiger partial charge in [-0.1, -0.05) is 12.6 Å². The van der Waals surface area contributed by atoms with Gasteiger partial charge in [0.05, 0.1) is 7.11 Å². The minimum atomic E-state index is -0.352. The summed E-state index contributed by atoms with van der Waals surface area (Å²) in [6.07, 6.45) is 0.111. The topological polar surface area (TPSA) is 43.5 Å². The minimum Gasteiger partial charge on any atom is -0.469 e. The normalized spacial score (nSPS) is 8.92. The lowest BCUT2D eigenvalue weighted by molar-refractivity contribution is -0.139. The molecule has 0 saturated carbocycles. The predicted octanol–water partition coefficient (Wildman–Crippen LogP) is 1.35. The van der Waals surface area contributed by atoms with Gasteiger partial charge >= 0.3 is 5.97 Å². The molecule has 0 aliphatic heterocycles. The summed E-state index contributed by atoms with van der Waals surface area (Å²) in [5.74, 6) is -0.0592. The Labute approximate surface area is 76.0 Å². The number of nitrogens with zero attached hydrogens (tertiary/aromatic N) is 2. The summed E-state index contributed by atoms with van der Waals surface area (Å²) in [5, 5.41) is 0. The number of rotatable bonds is 2. The molecule has 0 aromatic carbocycles. The highest BCUT2D eigenvalue weighted by Crippen LogP contribution is 2.08. The molecule has 4 nitrogen and oxygen atoms in total. The van der Waals surface area contributed by atoms with Gasteiger partial charge in [-0.05, 0) is 12.1 Å². The first kappa shape index (κ1) is 9.20. The molecule has 1 aromatic heterocycles. The van der Waals surface area contributed by atoms with E-state index in [1.807, 2.05) is 0 Å². The van der Waals surface area contributed by atoms with Crippen molar-refractivity contribution < 1.29 is 9.53 Å². The van der Waals surface area contributed by atoms with E-state index in [0.717, 1.165) is 0 Å². The average molecular weight is 176 g/mol. The molecule has 0 fully saturated rings. The second-order valence-corrected chi connectivity index (χ2v) is 2.35. The van der Waals surface area contributed by atoms with E-state index in [1.54, 1.807) is 18.2 Å². The van der Waals surface area contributed by atoms with Crippen molar-refractivity contribution in [1.29, 1.82) is 0 Å². The third kappa shape index (κ3) is 2.56. The SMILES string of the molecule is [C-]#[N+]c1cccc(CC(=O)OC)n1. The van der Waals surface area contributed by atoms with E-state index < -0.39 is 0 Å². The number of carbonyl (C=O) groups is 1. The van der Waals surface area contributed by atoms with Crippen LogP contribution < -0.4 is 0 Å². The number of aromatic nitrogens is 1. The minimum absolute atomic E-state index is 0.111. The summed E-state index contributed by atoms with van der Waals surface area (Å²) in [7, 11) is 1.32. The number of hydrogen-bond donors (Lipinski definition) is 0. The van der Waals surface area contributed by atoms with Gasteiger partial charge in [0.15, 0.2) is 0 Å². The van der Waals surface area contributed by atoms with Crippen LogP contribution in [0.2, 0.25) is 0 Å². The van der Waals surface area contributed by atoms with Crippen molar-refractivity contribution in [3.63, 3.8) is 0 Å². The van der Waals surface area contributed by atoms with Gasteiger partial charge in [-0.15, -0.1) is 4.98 Å². The molecule has 0 N–H and O–H groups in total. The smallest absolute Gasteiger partial charge is 0.313 e. The van der Waals surface area contributed by atoms with E-state index >= 15 is 0 Å². The summed E-state index contributed by atoms with van der Waals surface area (Å²) in [5.41, 5.74) is 0.556. The van der Waals surface area contributed by atoms with E-state index in [4.69, 9.17) is 6.57 Å². The second kappa shape index (κ2) is 4.21. The van der Waals surface area contributed by atoms with Crippen molar-refractivity contribution in [2.24, 2.45) is 0 Å². The predicted molar refractivity (Wildman–Crippen MR) is 46.2 cm³/mol. The highest BCUT2D eigenvalue weighted by Gasteiger charge is 2.07. The molecule has 0 aliphatic carbocycles. The summed E-state index contributed by atoms with van der Waals surface area (Å²) in [6.45, 7) is 6.71. The zero-order valence-corrected chi connectivity index (χ0v) is 7.15. The number of hydrogen-bond acceptors (Lipinski definition) is 3. The maximum atomic E-state index is 10.8. The molecule has 0 saturated heterocycles. The Hall–Kier alpha value is -1.89. The summed E-state index contributed by atoms with van der Waals surface area (Å²) >= 11 is 0. The lowest BCUT2D eigenvalue weighted by atomic mass is 10.3. The number of methoxy groups -OCH3 is 1. The van der Waals surface area contributed by atoms with Crippen molar-refractivity contribution >= 4 is 11.8 Å². The van der Waals surface area contributed by atoms with Crippen molar-refractivity contribution in [2.75, 3.05) is 7.11 Å². The Balaban J connectivity index is 2.79. The van der Waals surface area contributed by atoms with Gasteiger partial charge in [0, 0.05) is 0 Å². The highest BCUT2D eigenvalue weighted by atomic mass is 16.5. The molecule has 13 heavy (non-hydrogen) atoms. The fourth-order valence-electron chi connectivity index (χ4n) is 0.848. The molecule has 0 radical (unpaired) electrons. The monoisotopic (exact) mass is 176 g/mol. The zero-order valence-electron chi connectivity index (χ0n) is 7.15. The zero-order chi connectivity index (χ0) is 9.68. The van der Waals surface area contributed by atoms with Gasteiger partial charge in [0.25, 0.3) is 5.82 Å². The van der Waals surface area contributed by atoms with Crippen LogP contribution in [-0.4, -0.2) is 18.1 Å². The van der Waals surface area contributed by atoms with Crippen LogP contribution >= 0.6 is 0 Å². The summed E-state index contributed by atoms with van der Waals surface area (Å²) in [6, 6.07) is 4.97. The summed E-state index contributed by atoms with van der Waals surface area (Å²) < 4.78 is 4.47. The fraction of sp³-hybridized carbons (Fsp3) is 0.222. The molecule has 0 unspecified atom stereocenters. The fourth-order valence-corrected chi connectivity index (χ4v) is 0.848. The quantitative estimate of drug-likeness (QED) is 0.504. The van der Waals surface area contributed by atoms with E-state index in [1.165, 1.54) is 7.11 Å². The van der Waals surface area contributed by atoms with Crippen LogP contribution in [0.3, 0.4) is 0 Å². The van der Waals surface area contributed by atoms with Gasteiger partial charge in [0.1, 0.15) is 12.1 Å². The number of ether oxygens (including phenoxy) is 1. The van der Waals surface area contributed by atoms with Crippen molar-refractivity contribution in [3.05, 3.63) is 35.3 Å². The van der Waals surface area contributed by atoms with Crippen LogP contribution in [0, 0.1) is 6.57 Å². The first-order valence-electron chi connectivity index (χ1n) is 3.66. The molecule has 0 bridgehead atoms. The molecule has 1 rings (SSSR count). The first-order valence-corrected chi connectivity index (χ1v) is 3.66. The number of pyridine rings is 1. The van der Waals surface area contributed by atoms with Crippen LogP contribution in [0.4, 0.5) is 5.82 Å². The third-order valence-corrected chi connectivity index (χ3v) is 1.46. The summed E-state index contributed by atoms with van der Waals surface area (Å²) in [4.78, 5) is 17.9. The van der Waals surface area contributed by atoms with Gasteiger partial charge in [-0.25, -0.2) is 0 Å². The van der Waals surface area contributed by atoms with Crippen LogP contribution in [0.25, 0.3) is 4.85 Å². The molecule has 0 atom stereocenters. The van der Waals surface area contributed by atoms with Gasteiger partial charge in [-0.2, -0.15) is 0 Å². The Kier molecular flexibility index (Phi) is 2.98. The molecule has 0 spiro atoms. The standard InChI is InChI=1S/C9H8N2O2/c1-10-8-5-3-4-7(11-8)6-9(12)13-2/h3-5H,6H2,2H3. The van der Waals surface area contributed by atoms with Crippen LogP contribution in [0.15, 0.2) is 18.2 Å². The Morgan fingerprint density at radius 1 is 1.69 bits per heavy atom. The maximum absolute atomic E-state index is 10.8. The third-order valence-electron chi connectivity index (χ3n) is 1.46. The Bertz CT molecular complexity index is 355. The van der Waals surface area contributed by atoms with Gasteiger partial charge < -0.3 is 9.58 Å². The van der Waals surface area contributed by atoms with Crippen molar-refractivity contribution in [3.8, 4) is 0 Å². The van der Waals surface area contributed by atoms with E-state index in [0.29, 0.717) is 11.5 Å². The number of carbonyl (C=O) groups excluding carboxylic acids is 1. The second-order valence-electron chi connectivity index (χ2n) is 2.35. The van der Waals surface area contributed by atoms with Crippen LogP contribution in [-0.2, 0) is 16.0 Å². The van der Waals surface area contributed by atoms with E-state index in [-0.39, 0.29) is 12.4 Å². The number of esters is 1. The maximum Gasteiger partial charge on any atom is 0.313 e. The molecule has 1 aromatic rings. The molecule has 0 aliphatic rings. The largest absolute Gasteiger partial charge is 0.469 e. The average Bonchev–Trinajstić information content (AvgIpc) is 2.18. The molecule has 1 heterocycles. The van der Waals surface area contributed by atoms with Crippen LogP contribution in [0.5, 0.6) is 0 Å². The van der Waals surface area contributed by atoms with Crippen LogP contribution in [0.1, 0.15) is 5.69 Å². The van der Waals surface area contributed by atoms with E-state index in [9.17, 15) is 4.79 Å². The Morgan fingerprint density at radius 3 is 3.08 bits per heavy atom. The highest BCUT2D eigenvalue weighted by molar-refractivity contribution is 5.71. The van der Waals surface area contributed by atoms with E-state index in [2.05, 4.69) is 14.6 Å². The van der Waals surface area contributed by atoms with Gasteiger partial charge in [-0.3, -0.25) is 4.79 Å². The molecule has 66 valence electrons. The lowest BCUT2D eigenvalue weighted by Gasteiger charge is -1.95. The molecular formula is C9H8N2O2.